The van der Waals surface area contributed by atoms with Crippen LogP contribution in [0.4, 0.5) is 4.39 Å². The number of carboxylic acids is 1. The van der Waals surface area contributed by atoms with Crippen molar-refractivity contribution < 1.29 is 19.1 Å². The number of aliphatic carboxylic acids is 1. The number of benzene rings is 1. The van der Waals surface area contributed by atoms with Gasteiger partial charge in [-0.15, -0.1) is 0 Å². The summed E-state index contributed by atoms with van der Waals surface area (Å²) in [5, 5.41) is 15.5. The number of nitrogens with one attached hydrogen (secondary N) is 1. The van der Waals surface area contributed by atoms with Crippen LogP contribution in [0, 0.1) is 5.82 Å². The summed E-state index contributed by atoms with van der Waals surface area (Å²) in [6, 6.07) is 7.45. The lowest BCUT2D eigenvalue weighted by Gasteiger charge is -2.10. The van der Waals surface area contributed by atoms with Crippen molar-refractivity contribution in [3.63, 3.8) is 0 Å². The number of halogens is 1. The van der Waals surface area contributed by atoms with Crippen LogP contribution in [0.2, 0.25) is 0 Å². The summed E-state index contributed by atoms with van der Waals surface area (Å²) < 4.78 is 14.9. The number of carboxylic acid groups (broad SMARTS) is 1. The molecule has 0 saturated heterocycles. The molecule has 7 heteroatoms. The van der Waals surface area contributed by atoms with Gasteiger partial charge in [0.05, 0.1) is 0 Å². The van der Waals surface area contributed by atoms with E-state index >= 15 is 0 Å². The van der Waals surface area contributed by atoms with Gasteiger partial charge in [-0.2, -0.15) is 5.10 Å². The topological polar surface area (TPSA) is 84.2 Å². The number of carbonyl (C=O) groups is 2. The normalized spacial score (nSPS) is 15.5. The number of carbonyl (C=O) groups excluding carboxylic acids is 1. The third kappa shape index (κ3) is 2.37. The van der Waals surface area contributed by atoms with Crippen LogP contribution in [0.15, 0.2) is 36.5 Å². The standard InChI is InChI=1S/C14H12FN3O3/c15-9-3-1-2-4-11(9)18-8-5-10(17-18)12(19)16-14(6-7-14)13(20)21/h1-5,8H,6-7H2,(H,16,19)(H,20,21). The molecule has 0 atom stereocenters. The molecule has 2 aromatic rings. The van der Waals surface area contributed by atoms with Crippen molar-refractivity contribution in [2.45, 2.75) is 18.4 Å². The van der Waals surface area contributed by atoms with Gasteiger partial charge in [0.2, 0.25) is 0 Å². The summed E-state index contributed by atoms with van der Waals surface area (Å²) in [4.78, 5) is 23.0. The fourth-order valence-electron chi connectivity index (χ4n) is 2.02. The Hall–Kier alpha value is -2.70. The van der Waals surface area contributed by atoms with E-state index in [1.807, 2.05) is 0 Å². The minimum atomic E-state index is -1.17. The van der Waals surface area contributed by atoms with Crippen molar-refractivity contribution >= 4 is 11.9 Å². The van der Waals surface area contributed by atoms with Crippen molar-refractivity contribution in [1.29, 1.82) is 0 Å². The van der Waals surface area contributed by atoms with Crippen molar-refractivity contribution in [2.24, 2.45) is 0 Å². The van der Waals surface area contributed by atoms with Gasteiger partial charge in [0.25, 0.3) is 5.91 Å². The second-order valence-electron chi connectivity index (χ2n) is 4.94. The zero-order valence-corrected chi connectivity index (χ0v) is 10.9. The quantitative estimate of drug-likeness (QED) is 0.890. The van der Waals surface area contributed by atoms with Gasteiger partial charge in [-0.1, -0.05) is 12.1 Å². The predicted octanol–water partition coefficient (Wildman–Crippen LogP) is 1.36. The Morgan fingerprint density at radius 3 is 2.62 bits per heavy atom. The lowest BCUT2D eigenvalue weighted by atomic mass is 10.2. The van der Waals surface area contributed by atoms with Gasteiger partial charge in [0.15, 0.2) is 5.69 Å². The van der Waals surface area contributed by atoms with Crippen LogP contribution >= 0.6 is 0 Å². The maximum atomic E-state index is 13.6. The number of nitrogens with zero attached hydrogens (tertiary/aromatic N) is 2. The molecule has 6 nitrogen and oxygen atoms in total. The Balaban J connectivity index is 1.81. The van der Waals surface area contributed by atoms with Gasteiger partial charge in [-0.25, -0.2) is 13.9 Å². The maximum absolute atomic E-state index is 13.6. The Kier molecular flexibility index (Phi) is 2.97. The van der Waals surface area contributed by atoms with E-state index in [0.717, 1.165) is 0 Å². The molecule has 1 fully saturated rings. The zero-order chi connectivity index (χ0) is 15.0. The summed E-state index contributed by atoms with van der Waals surface area (Å²) in [5.41, 5.74) is -0.902. The lowest BCUT2D eigenvalue weighted by molar-refractivity contribution is -0.140. The second kappa shape index (κ2) is 4.69. The SMILES string of the molecule is O=C(NC1(C(=O)O)CC1)c1ccn(-c2ccccc2F)n1. The average molecular weight is 289 g/mol. The molecule has 1 aromatic carbocycles. The molecule has 0 aliphatic heterocycles. The first kappa shape index (κ1) is 13.3. The van der Waals surface area contributed by atoms with Gasteiger partial charge < -0.3 is 10.4 Å². The van der Waals surface area contributed by atoms with Crippen LogP contribution in [0.25, 0.3) is 5.69 Å². The Morgan fingerprint density at radius 1 is 1.29 bits per heavy atom. The third-order valence-electron chi connectivity index (χ3n) is 3.43. The van der Waals surface area contributed by atoms with Crippen LogP contribution in [0.5, 0.6) is 0 Å². The lowest BCUT2D eigenvalue weighted by Crippen LogP contribution is -2.43. The molecule has 1 aliphatic carbocycles. The second-order valence-corrected chi connectivity index (χ2v) is 4.94. The third-order valence-corrected chi connectivity index (χ3v) is 3.43. The Bertz CT molecular complexity index is 722. The van der Waals surface area contributed by atoms with Gasteiger partial charge in [-0.3, -0.25) is 4.79 Å². The molecule has 3 rings (SSSR count). The van der Waals surface area contributed by atoms with Gasteiger partial charge in [0.1, 0.15) is 17.0 Å². The van der Waals surface area contributed by atoms with Crippen LogP contribution in [0.3, 0.4) is 0 Å². The van der Waals surface area contributed by atoms with E-state index in [1.54, 1.807) is 12.1 Å². The average Bonchev–Trinajstić information content (AvgIpc) is 3.07. The summed E-state index contributed by atoms with van der Waals surface area (Å²) in [5.74, 6) is -2.09. The molecule has 0 spiro atoms. The first-order valence-corrected chi connectivity index (χ1v) is 6.38. The van der Waals surface area contributed by atoms with E-state index in [9.17, 15) is 14.0 Å². The highest BCUT2D eigenvalue weighted by Gasteiger charge is 2.51. The molecule has 1 aliphatic rings. The smallest absolute Gasteiger partial charge is 0.329 e. The van der Waals surface area contributed by atoms with Gasteiger partial charge >= 0.3 is 5.97 Å². The highest BCUT2D eigenvalue weighted by atomic mass is 19.1. The number of hydrogen-bond donors (Lipinski definition) is 2. The summed E-state index contributed by atoms with van der Waals surface area (Å²) in [6.45, 7) is 0. The van der Waals surface area contributed by atoms with Crippen molar-refractivity contribution in [2.75, 3.05) is 0 Å². The monoisotopic (exact) mass is 289 g/mol. The fraction of sp³-hybridized carbons (Fsp3) is 0.214. The molecule has 21 heavy (non-hydrogen) atoms. The van der Waals surface area contributed by atoms with E-state index < -0.39 is 23.2 Å². The Morgan fingerprint density at radius 2 is 2.00 bits per heavy atom. The minimum Gasteiger partial charge on any atom is -0.480 e. The molecular weight excluding hydrogens is 277 g/mol. The molecule has 1 saturated carbocycles. The first-order valence-electron chi connectivity index (χ1n) is 6.38. The summed E-state index contributed by atoms with van der Waals surface area (Å²) in [7, 11) is 0. The van der Waals surface area contributed by atoms with Crippen LogP contribution < -0.4 is 5.32 Å². The fourth-order valence-corrected chi connectivity index (χ4v) is 2.02. The molecule has 0 radical (unpaired) electrons. The summed E-state index contributed by atoms with van der Waals surface area (Å²) in [6.07, 6.45) is 2.26. The van der Waals surface area contributed by atoms with Crippen LogP contribution in [-0.4, -0.2) is 32.3 Å². The highest BCUT2D eigenvalue weighted by molar-refractivity contribution is 5.97. The molecule has 1 amide bonds. The molecule has 0 bridgehead atoms. The van der Waals surface area contributed by atoms with Crippen molar-refractivity contribution in [3.8, 4) is 5.69 Å². The number of hydrogen-bond acceptors (Lipinski definition) is 3. The number of amides is 1. The molecule has 0 unspecified atom stereocenters. The maximum Gasteiger partial charge on any atom is 0.329 e. The van der Waals surface area contributed by atoms with E-state index in [2.05, 4.69) is 10.4 Å². The highest BCUT2D eigenvalue weighted by Crippen LogP contribution is 2.35. The van der Waals surface area contributed by atoms with Gasteiger partial charge in [-0.05, 0) is 31.0 Å². The van der Waals surface area contributed by atoms with E-state index in [0.29, 0.717) is 12.8 Å². The molecule has 1 aromatic heterocycles. The number of aromatic nitrogens is 2. The van der Waals surface area contributed by atoms with E-state index in [1.165, 1.54) is 29.1 Å². The van der Waals surface area contributed by atoms with E-state index in [-0.39, 0.29) is 11.4 Å². The minimum absolute atomic E-state index is 0.0470. The largest absolute Gasteiger partial charge is 0.480 e. The molecule has 1 heterocycles. The van der Waals surface area contributed by atoms with Gasteiger partial charge in [0, 0.05) is 6.20 Å². The van der Waals surface area contributed by atoms with Crippen LogP contribution in [-0.2, 0) is 4.79 Å². The molecular formula is C14H12FN3O3. The number of para-hydroxylation sites is 1. The molecule has 2 N–H and O–H groups in total. The predicted molar refractivity (Wildman–Crippen MR) is 70.6 cm³/mol. The first-order chi connectivity index (χ1) is 10.0. The Labute approximate surface area is 119 Å². The molecule has 108 valence electrons. The van der Waals surface area contributed by atoms with Crippen molar-refractivity contribution in [3.05, 3.63) is 48.0 Å². The van der Waals surface area contributed by atoms with Crippen molar-refractivity contribution in [1.82, 2.24) is 15.1 Å². The van der Waals surface area contributed by atoms with Crippen LogP contribution in [0.1, 0.15) is 23.3 Å². The number of rotatable bonds is 4. The van der Waals surface area contributed by atoms with E-state index in [4.69, 9.17) is 5.11 Å². The zero-order valence-electron chi connectivity index (χ0n) is 10.9. The summed E-state index contributed by atoms with van der Waals surface area (Å²) >= 11 is 0.